The van der Waals surface area contributed by atoms with Gasteiger partial charge in [0.1, 0.15) is 24.1 Å². The number of nitrogens with one attached hydrogen (secondary N) is 1. The number of nitrogens with zero attached hydrogens (tertiary/aromatic N) is 2. The number of carbonyl (C=O) groups excluding carboxylic acids is 2. The molecular weight excluding hydrogens is 526 g/mol. The van der Waals surface area contributed by atoms with Gasteiger partial charge in [-0.25, -0.2) is 8.42 Å². The molecule has 0 saturated carbocycles. The Bertz CT molecular complexity index is 1380. The lowest BCUT2D eigenvalue weighted by Crippen LogP contribution is -2.52. The van der Waals surface area contributed by atoms with E-state index < -0.39 is 28.5 Å². The molecule has 0 saturated heterocycles. The molecule has 3 aromatic carbocycles. The molecule has 0 aromatic heterocycles. The lowest BCUT2D eigenvalue weighted by molar-refractivity contribution is -0.140. The van der Waals surface area contributed by atoms with Gasteiger partial charge in [-0.15, -0.1) is 0 Å². The summed E-state index contributed by atoms with van der Waals surface area (Å²) in [4.78, 5) is 28.5. The van der Waals surface area contributed by atoms with Crippen LogP contribution >= 0.6 is 0 Å². The summed E-state index contributed by atoms with van der Waals surface area (Å²) in [7, 11) is -3.83. The lowest BCUT2D eigenvalue weighted by Gasteiger charge is -2.33. The van der Waals surface area contributed by atoms with Gasteiger partial charge in [0.15, 0.2) is 0 Å². The second-order valence-electron chi connectivity index (χ2n) is 10.2. The molecule has 1 atom stereocenters. The van der Waals surface area contributed by atoms with Crippen LogP contribution in [-0.2, 0) is 26.2 Å². The van der Waals surface area contributed by atoms with Crippen LogP contribution in [0.3, 0.4) is 0 Å². The minimum absolute atomic E-state index is 0.181. The molecule has 0 radical (unpaired) electrons. The fourth-order valence-corrected chi connectivity index (χ4v) is 5.08. The number of anilines is 1. The predicted molar refractivity (Wildman–Crippen MR) is 159 cm³/mol. The van der Waals surface area contributed by atoms with Gasteiger partial charge in [-0.05, 0) is 66.8 Å². The van der Waals surface area contributed by atoms with Gasteiger partial charge in [-0.1, -0.05) is 63.2 Å². The third kappa shape index (κ3) is 8.58. The summed E-state index contributed by atoms with van der Waals surface area (Å²) >= 11 is 0. The second-order valence-corrected chi connectivity index (χ2v) is 12.1. The smallest absolute Gasteiger partial charge is 0.244 e. The van der Waals surface area contributed by atoms with Gasteiger partial charge >= 0.3 is 0 Å². The minimum Gasteiger partial charge on any atom is -0.457 e. The average Bonchev–Trinajstić information content (AvgIpc) is 2.92. The molecule has 0 unspecified atom stereocenters. The normalized spacial score (nSPS) is 12.1. The molecule has 9 heteroatoms. The predicted octanol–water partition coefficient (Wildman–Crippen LogP) is 5.13. The van der Waals surface area contributed by atoms with Crippen LogP contribution in [0.4, 0.5) is 5.69 Å². The molecule has 3 rings (SSSR count). The van der Waals surface area contributed by atoms with Crippen molar-refractivity contribution in [3.8, 4) is 11.5 Å². The van der Waals surface area contributed by atoms with Gasteiger partial charge < -0.3 is 15.0 Å². The van der Waals surface area contributed by atoms with Gasteiger partial charge in [0.2, 0.25) is 21.8 Å². The van der Waals surface area contributed by atoms with Crippen molar-refractivity contribution in [3.63, 3.8) is 0 Å². The molecule has 0 aliphatic heterocycles. The Morgan fingerprint density at radius 1 is 0.900 bits per heavy atom. The molecule has 0 bridgehead atoms. The molecular formula is C31H39N3O5S. The number of hydrogen-bond acceptors (Lipinski definition) is 5. The van der Waals surface area contributed by atoms with Crippen molar-refractivity contribution in [2.75, 3.05) is 23.7 Å². The van der Waals surface area contributed by atoms with Gasteiger partial charge in [0, 0.05) is 13.1 Å². The summed E-state index contributed by atoms with van der Waals surface area (Å²) in [6.07, 6.45) is 1.44. The molecule has 214 valence electrons. The number of carbonyl (C=O) groups is 2. The summed E-state index contributed by atoms with van der Waals surface area (Å²) in [6, 6.07) is 22.6. The van der Waals surface area contributed by atoms with Crippen molar-refractivity contribution in [2.24, 2.45) is 5.92 Å². The van der Waals surface area contributed by atoms with E-state index in [1.54, 1.807) is 24.3 Å². The topological polar surface area (TPSA) is 96.0 Å². The molecule has 8 nitrogen and oxygen atoms in total. The highest BCUT2D eigenvalue weighted by atomic mass is 32.2. The molecule has 3 aromatic rings. The number of aryl methyl sites for hydroxylation is 1. The number of hydrogen-bond donors (Lipinski definition) is 1. The molecule has 2 amide bonds. The van der Waals surface area contributed by atoms with E-state index >= 15 is 0 Å². The van der Waals surface area contributed by atoms with Crippen molar-refractivity contribution in [1.29, 1.82) is 0 Å². The molecule has 0 spiro atoms. The van der Waals surface area contributed by atoms with Crippen LogP contribution in [0, 0.1) is 12.8 Å². The number of ether oxygens (including phenoxy) is 1. The van der Waals surface area contributed by atoms with Crippen LogP contribution in [0.5, 0.6) is 11.5 Å². The number of para-hydroxylation sites is 1. The molecule has 0 heterocycles. The fourth-order valence-electron chi connectivity index (χ4n) is 4.23. The molecule has 0 aliphatic carbocycles. The van der Waals surface area contributed by atoms with E-state index in [2.05, 4.69) is 5.32 Å². The third-order valence-corrected chi connectivity index (χ3v) is 7.60. The first-order valence-electron chi connectivity index (χ1n) is 13.4. The van der Waals surface area contributed by atoms with E-state index in [9.17, 15) is 18.0 Å². The van der Waals surface area contributed by atoms with E-state index in [0.717, 1.165) is 21.7 Å². The summed E-state index contributed by atoms with van der Waals surface area (Å²) in [5, 5.41) is 2.93. The highest BCUT2D eigenvalue weighted by molar-refractivity contribution is 7.92. The Labute approximate surface area is 238 Å². The number of sulfonamides is 1. The van der Waals surface area contributed by atoms with E-state index in [-0.39, 0.29) is 18.4 Å². The molecule has 40 heavy (non-hydrogen) atoms. The number of rotatable bonds is 13. The largest absolute Gasteiger partial charge is 0.457 e. The lowest BCUT2D eigenvalue weighted by atomic mass is 10.1. The van der Waals surface area contributed by atoms with Gasteiger partial charge in [0.25, 0.3) is 0 Å². The van der Waals surface area contributed by atoms with E-state index in [1.807, 2.05) is 82.3 Å². The average molecular weight is 566 g/mol. The summed E-state index contributed by atoms with van der Waals surface area (Å²) in [5.41, 5.74) is 2.19. The highest BCUT2D eigenvalue weighted by Gasteiger charge is 2.32. The van der Waals surface area contributed by atoms with Crippen molar-refractivity contribution in [1.82, 2.24) is 10.2 Å². The van der Waals surface area contributed by atoms with Gasteiger partial charge in [-0.3, -0.25) is 13.9 Å². The van der Waals surface area contributed by atoms with Crippen molar-refractivity contribution < 1.29 is 22.7 Å². The summed E-state index contributed by atoms with van der Waals surface area (Å²) in [6.45, 7) is 8.00. The quantitative estimate of drug-likeness (QED) is 0.310. The number of benzene rings is 3. The van der Waals surface area contributed by atoms with Crippen molar-refractivity contribution in [3.05, 3.63) is 90.0 Å². The SMILES string of the molecule is CC[C@H](C(=O)NCC(C)C)N(Cc1ccccc1C)C(=O)CN(c1ccc(Oc2ccccc2)cc1)S(C)(=O)=O. The molecule has 0 fully saturated rings. The van der Waals surface area contributed by atoms with E-state index in [1.165, 1.54) is 4.90 Å². The minimum atomic E-state index is -3.83. The zero-order valence-electron chi connectivity index (χ0n) is 23.8. The van der Waals surface area contributed by atoms with Crippen LogP contribution in [0.15, 0.2) is 78.9 Å². The first-order valence-corrected chi connectivity index (χ1v) is 15.3. The maximum Gasteiger partial charge on any atom is 0.244 e. The summed E-state index contributed by atoms with van der Waals surface area (Å²) in [5.74, 6) is 0.704. The zero-order valence-corrected chi connectivity index (χ0v) is 24.6. The maximum atomic E-state index is 13.9. The first kappa shape index (κ1) is 30.7. The Balaban J connectivity index is 1.89. The van der Waals surface area contributed by atoms with Crippen molar-refractivity contribution >= 4 is 27.5 Å². The van der Waals surface area contributed by atoms with Crippen LogP contribution < -0.4 is 14.4 Å². The first-order chi connectivity index (χ1) is 19.0. The monoisotopic (exact) mass is 565 g/mol. The van der Waals surface area contributed by atoms with Gasteiger partial charge in [0.05, 0.1) is 11.9 Å². The van der Waals surface area contributed by atoms with Crippen LogP contribution in [0.25, 0.3) is 0 Å². The van der Waals surface area contributed by atoms with Gasteiger partial charge in [-0.2, -0.15) is 0 Å². The Kier molecular flexibility index (Phi) is 10.7. The third-order valence-electron chi connectivity index (χ3n) is 6.46. The van der Waals surface area contributed by atoms with Crippen LogP contribution in [0.1, 0.15) is 38.3 Å². The molecule has 1 N–H and O–H groups in total. The standard InChI is InChI=1S/C31H39N3O5S/c1-6-29(31(36)32-20-23(2)3)33(21-25-13-11-10-12-24(25)4)30(35)22-34(40(5,37)38)26-16-18-28(19-17-26)39-27-14-8-7-9-15-27/h7-19,23,29H,6,20-22H2,1-5H3,(H,32,36)/t29-/m1/s1. The van der Waals surface area contributed by atoms with E-state index in [4.69, 9.17) is 4.74 Å². The zero-order chi connectivity index (χ0) is 29.3. The Morgan fingerprint density at radius 2 is 1.50 bits per heavy atom. The van der Waals surface area contributed by atoms with E-state index in [0.29, 0.717) is 30.2 Å². The number of amides is 2. The second kappa shape index (κ2) is 14.0. The van der Waals surface area contributed by atoms with Crippen LogP contribution in [0.2, 0.25) is 0 Å². The highest BCUT2D eigenvalue weighted by Crippen LogP contribution is 2.26. The molecule has 0 aliphatic rings. The van der Waals surface area contributed by atoms with Crippen molar-refractivity contribution in [2.45, 2.75) is 46.7 Å². The Hall–Kier alpha value is -3.85. The summed E-state index contributed by atoms with van der Waals surface area (Å²) < 4.78 is 32.6. The van der Waals surface area contributed by atoms with Crippen LogP contribution in [-0.4, -0.2) is 50.5 Å². The fraction of sp³-hybridized carbons (Fsp3) is 0.355. The Morgan fingerprint density at radius 3 is 2.08 bits per heavy atom. The maximum absolute atomic E-state index is 13.9.